The third kappa shape index (κ3) is 5.62. The summed E-state index contributed by atoms with van der Waals surface area (Å²) in [4.78, 5) is 52.5. The number of thiophene rings is 1. The minimum Gasteiger partial charge on any atom is -0.444 e. The van der Waals surface area contributed by atoms with Crippen molar-refractivity contribution in [2.75, 3.05) is 23.3 Å². The van der Waals surface area contributed by atoms with Gasteiger partial charge in [-0.05, 0) is 75.6 Å². The Kier molecular flexibility index (Phi) is 7.35. The van der Waals surface area contributed by atoms with Gasteiger partial charge in [0.25, 0.3) is 5.91 Å². The number of amides is 4. The predicted molar refractivity (Wildman–Crippen MR) is 174 cm³/mol. The fraction of sp³-hybridized carbons (Fsp3) is 0.303. The maximum atomic E-state index is 13.7. The number of urea groups is 1. The third-order valence-electron chi connectivity index (χ3n) is 8.06. The standard InChI is InChI=1S/C33H32FN7O4S/c1-33(2,3)45-32(44)39-13-10-22(11-14-39)37-29(42)27-26-25-28(35-18-36-30(25)46-27)41(31(43)38-26)23-7-8-24-20(16-23)9-12-40(24)17-19-5-4-6-21(34)15-19/h4-9,12,15-16,18,22H,10-11,13-14,17H2,1-3H3,(H,37,42)(H,38,43). The lowest BCUT2D eigenvalue weighted by Crippen LogP contribution is -2.47. The highest BCUT2D eigenvalue weighted by molar-refractivity contribution is 7.21. The van der Waals surface area contributed by atoms with Crippen molar-refractivity contribution in [1.29, 1.82) is 0 Å². The molecule has 0 aliphatic carbocycles. The Morgan fingerprint density at radius 1 is 1.11 bits per heavy atom. The molecule has 0 radical (unpaired) electrons. The van der Waals surface area contributed by atoms with Gasteiger partial charge in [-0.25, -0.2) is 28.8 Å². The summed E-state index contributed by atoms with van der Waals surface area (Å²) >= 11 is 1.20. The van der Waals surface area contributed by atoms with Crippen molar-refractivity contribution in [1.82, 2.24) is 24.8 Å². The largest absolute Gasteiger partial charge is 0.444 e. The molecule has 2 aliphatic heterocycles. The van der Waals surface area contributed by atoms with Gasteiger partial charge in [-0.15, -0.1) is 11.3 Å². The minimum atomic E-state index is -0.573. The molecule has 0 unspecified atom stereocenters. The first-order chi connectivity index (χ1) is 22.0. The average Bonchev–Trinajstić information content (AvgIpc) is 3.58. The van der Waals surface area contributed by atoms with E-state index in [1.807, 2.05) is 61.9 Å². The van der Waals surface area contributed by atoms with E-state index >= 15 is 0 Å². The number of nitrogens with one attached hydrogen (secondary N) is 2. The van der Waals surface area contributed by atoms with Gasteiger partial charge in [-0.2, -0.15) is 0 Å². The van der Waals surface area contributed by atoms with Crippen LogP contribution < -0.4 is 15.5 Å². The Bertz CT molecular complexity index is 2010. The molecule has 0 saturated carbocycles. The number of carbonyl (C=O) groups excluding carboxylic acids is 3. The summed E-state index contributed by atoms with van der Waals surface area (Å²) in [5, 5.41) is 7.50. The zero-order chi connectivity index (χ0) is 32.2. The van der Waals surface area contributed by atoms with Crippen LogP contribution in [0.4, 0.5) is 31.2 Å². The Labute approximate surface area is 268 Å². The van der Waals surface area contributed by atoms with Gasteiger partial charge in [0.2, 0.25) is 0 Å². The van der Waals surface area contributed by atoms with Crippen LogP contribution in [0, 0.1) is 5.82 Å². The summed E-state index contributed by atoms with van der Waals surface area (Å²) in [6.45, 7) is 6.94. The normalized spacial score (nSPS) is 15.3. The van der Waals surface area contributed by atoms with E-state index in [9.17, 15) is 18.8 Å². The number of carbonyl (C=O) groups is 3. The van der Waals surface area contributed by atoms with Crippen LogP contribution in [0.3, 0.4) is 0 Å². The van der Waals surface area contributed by atoms with Crippen LogP contribution in [0.15, 0.2) is 61.1 Å². The number of anilines is 3. The fourth-order valence-electron chi connectivity index (χ4n) is 5.95. The number of nitrogens with zero attached hydrogens (tertiary/aromatic N) is 5. The number of aromatic nitrogens is 3. The van der Waals surface area contributed by atoms with Crippen LogP contribution in [-0.2, 0) is 11.3 Å². The molecule has 4 amide bonds. The van der Waals surface area contributed by atoms with Crippen molar-refractivity contribution in [3.63, 3.8) is 0 Å². The maximum absolute atomic E-state index is 13.7. The lowest BCUT2D eigenvalue weighted by Gasteiger charge is -2.33. The molecule has 46 heavy (non-hydrogen) atoms. The van der Waals surface area contributed by atoms with Gasteiger partial charge in [-0.3, -0.25) is 4.79 Å². The van der Waals surface area contributed by atoms with E-state index in [1.54, 1.807) is 11.0 Å². The fourth-order valence-corrected chi connectivity index (χ4v) is 6.94. The van der Waals surface area contributed by atoms with Crippen molar-refractivity contribution in [2.45, 2.75) is 51.8 Å². The van der Waals surface area contributed by atoms with Crippen molar-refractivity contribution >= 4 is 67.7 Å². The molecule has 1 saturated heterocycles. The highest BCUT2D eigenvalue weighted by atomic mass is 32.1. The number of fused-ring (bicyclic) bond motifs is 1. The van der Waals surface area contributed by atoms with Gasteiger partial charge >= 0.3 is 12.1 Å². The van der Waals surface area contributed by atoms with Gasteiger partial charge in [0.1, 0.15) is 27.5 Å². The smallest absolute Gasteiger partial charge is 0.410 e. The highest BCUT2D eigenvalue weighted by Gasteiger charge is 2.35. The third-order valence-corrected chi connectivity index (χ3v) is 9.15. The molecule has 3 aromatic heterocycles. The molecule has 2 N–H and O–H groups in total. The van der Waals surface area contributed by atoms with Crippen molar-refractivity contribution in [2.24, 2.45) is 0 Å². The van der Waals surface area contributed by atoms with E-state index in [0.717, 1.165) is 16.5 Å². The molecule has 0 spiro atoms. The van der Waals surface area contributed by atoms with Crippen LogP contribution in [0.5, 0.6) is 0 Å². The second-order valence-electron chi connectivity index (χ2n) is 12.5. The van der Waals surface area contributed by atoms with E-state index in [2.05, 4.69) is 20.6 Å². The van der Waals surface area contributed by atoms with E-state index < -0.39 is 11.6 Å². The molecule has 0 atom stereocenters. The number of benzene rings is 2. The number of likely N-dealkylation sites (tertiary alicyclic amines) is 1. The maximum Gasteiger partial charge on any atom is 0.410 e. The first-order valence-corrected chi connectivity index (χ1v) is 15.9. The number of ether oxygens (including phenoxy) is 1. The molecule has 2 aromatic carbocycles. The molecule has 5 aromatic rings. The predicted octanol–water partition coefficient (Wildman–Crippen LogP) is 6.65. The molecule has 7 rings (SSSR count). The number of rotatable bonds is 5. The SMILES string of the molecule is CC(C)(C)OC(=O)N1CCC(NC(=O)c2sc3ncnc4c3c2NC(=O)N4c2ccc3c(ccn3Cc3cccc(F)c3)c2)CC1. The zero-order valence-electron chi connectivity index (χ0n) is 25.5. The average molecular weight is 642 g/mol. The van der Waals surface area contributed by atoms with Gasteiger partial charge in [0, 0.05) is 42.8 Å². The monoisotopic (exact) mass is 641 g/mol. The summed E-state index contributed by atoms with van der Waals surface area (Å²) in [7, 11) is 0. The Balaban J connectivity index is 1.11. The quantitative estimate of drug-likeness (QED) is 0.222. The molecular weight excluding hydrogens is 609 g/mol. The van der Waals surface area contributed by atoms with E-state index in [4.69, 9.17) is 4.74 Å². The van der Waals surface area contributed by atoms with E-state index in [0.29, 0.717) is 64.8 Å². The Morgan fingerprint density at radius 3 is 2.67 bits per heavy atom. The second kappa shape index (κ2) is 11.4. The van der Waals surface area contributed by atoms with Crippen LogP contribution in [0.25, 0.3) is 21.1 Å². The first-order valence-electron chi connectivity index (χ1n) is 15.0. The van der Waals surface area contributed by atoms with Crippen LogP contribution in [0.1, 0.15) is 48.8 Å². The molecule has 0 bridgehead atoms. The molecule has 11 nitrogen and oxygen atoms in total. The van der Waals surface area contributed by atoms with Gasteiger partial charge in [0.15, 0.2) is 5.82 Å². The summed E-state index contributed by atoms with van der Waals surface area (Å²) in [5.41, 5.74) is 2.20. The number of hydrogen-bond donors (Lipinski definition) is 2. The number of halogens is 1. The number of hydrogen-bond acceptors (Lipinski definition) is 7. The van der Waals surface area contributed by atoms with Crippen molar-refractivity contribution in [3.8, 4) is 0 Å². The molecule has 2 aliphatic rings. The van der Waals surface area contributed by atoms with Crippen LogP contribution in [0.2, 0.25) is 0 Å². The van der Waals surface area contributed by atoms with Gasteiger partial charge < -0.3 is 24.8 Å². The van der Waals surface area contributed by atoms with Crippen molar-refractivity contribution in [3.05, 3.63) is 77.3 Å². The topological polar surface area (TPSA) is 122 Å². The molecule has 5 heterocycles. The molecule has 236 valence electrons. The minimum absolute atomic E-state index is 0.134. The van der Waals surface area contributed by atoms with Crippen LogP contribution in [-0.4, -0.2) is 62.2 Å². The Hall–Kier alpha value is -5.04. The number of piperidine rings is 1. The lowest BCUT2D eigenvalue weighted by molar-refractivity contribution is 0.0199. The summed E-state index contributed by atoms with van der Waals surface area (Å²) < 4.78 is 21.2. The Morgan fingerprint density at radius 2 is 1.91 bits per heavy atom. The molecule has 1 fully saturated rings. The zero-order valence-corrected chi connectivity index (χ0v) is 26.4. The summed E-state index contributed by atoms with van der Waals surface area (Å²) in [6.07, 6.45) is 4.14. The second-order valence-corrected chi connectivity index (χ2v) is 13.5. The van der Waals surface area contributed by atoms with Gasteiger partial charge in [0.05, 0.1) is 16.8 Å². The molecule has 13 heteroatoms. The van der Waals surface area contributed by atoms with E-state index in [1.165, 1.54) is 34.7 Å². The van der Waals surface area contributed by atoms with Gasteiger partial charge in [-0.1, -0.05) is 12.1 Å². The van der Waals surface area contributed by atoms with Crippen LogP contribution >= 0.6 is 11.3 Å². The summed E-state index contributed by atoms with van der Waals surface area (Å²) in [5.74, 6) is -0.199. The highest BCUT2D eigenvalue weighted by Crippen LogP contribution is 2.45. The first kappa shape index (κ1) is 29.7. The summed E-state index contributed by atoms with van der Waals surface area (Å²) in [6, 6.07) is 13.5. The molecular formula is C33H32FN7O4S. The lowest BCUT2D eigenvalue weighted by atomic mass is 10.1. The van der Waals surface area contributed by atoms with E-state index in [-0.39, 0.29) is 23.9 Å². The van der Waals surface area contributed by atoms with Crippen molar-refractivity contribution < 1.29 is 23.5 Å².